The second kappa shape index (κ2) is 4.02. The van der Waals surface area contributed by atoms with Crippen molar-refractivity contribution < 1.29 is 9.84 Å². The fourth-order valence-corrected chi connectivity index (χ4v) is 3.65. The highest BCUT2D eigenvalue weighted by Gasteiger charge is 2.55. The number of benzene rings is 1. The van der Waals surface area contributed by atoms with Crippen molar-refractivity contribution in [3.63, 3.8) is 0 Å². The topological polar surface area (TPSA) is 29.5 Å². The molecule has 2 saturated carbocycles. The van der Waals surface area contributed by atoms with Crippen molar-refractivity contribution in [1.82, 2.24) is 0 Å². The Labute approximate surface area is 103 Å². The van der Waals surface area contributed by atoms with E-state index >= 15 is 0 Å². The molecule has 0 amide bonds. The zero-order chi connectivity index (χ0) is 12.0. The molecule has 0 aromatic heterocycles. The Balaban J connectivity index is 1.78. The van der Waals surface area contributed by atoms with Gasteiger partial charge in [-0.25, -0.2) is 0 Å². The minimum atomic E-state index is -0.269. The lowest BCUT2D eigenvalue weighted by Gasteiger charge is -2.15. The highest BCUT2D eigenvalue weighted by atomic mass is 16.5. The molecule has 17 heavy (non-hydrogen) atoms. The van der Waals surface area contributed by atoms with Gasteiger partial charge in [-0.2, -0.15) is 0 Å². The molecule has 0 saturated heterocycles. The highest BCUT2D eigenvalue weighted by Crippen LogP contribution is 2.62. The van der Waals surface area contributed by atoms with Crippen molar-refractivity contribution >= 4 is 0 Å². The van der Waals surface area contributed by atoms with E-state index < -0.39 is 0 Å². The molecule has 1 aromatic rings. The average Bonchev–Trinajstić information content (AvgIpc) is 2.81. The summed E-state index contributed by atoms with van der Waals surface area (Å²) in [5.41, 5.74) is 2.16. The molecule has 2 aliphatic rings. The predicted octanol–water partition coefficient (Wildman–Crippen LogP) is 3.08. The van der Waals surface area contributed by atoms with Gasteiger partial charge in [0, 0.05) is 0 Å². The predicted molar refractivity (Wildman–Crippen MR) is 67.0 cm³/mol. The molecule has 3 unspecified atom stereocenters. The van der Waals surface area contributed by atoms with E-state index in [9.17, 15) is 5.11 Å². The second-order valence-electron chi connectivity index (χ2n) is 5.51. The Morgan fingerprint density at radius 1 is 1.29 bits per heavy atom. The van der Waals surface area contributed by atoms with Crippen molar-refractivity contribution in [2.24, 2.45) is 17.8 Å². The lowest BCUT2D eigenvalue weighted by Crippen LogP contribution is -2.05. The summed E-state index contributed by atoms with van der Waals surface area (Å²) >= 11 is 0. The third kappa shape index (κ3) is 1.75. The molecular formula is C15H20O2. The van der Waals surface area contributed by atoms with E-state index in [0.29, 0.717) is 5.92 Å². The number of aryl methyl sites for hydroxylation is 1. The van der Waals surface area contributed by atoms with E-state index in [1.807, 2.05) is 19.1 Å². The second-order valence-corrected chi connectivity index (χ2v) is 5.51. The number of hydrogen-bond acceptors (Lipinski definition) is 2. The van der Waals surface area contributed by atoms with Crippen LogP contribution in [0.25, 0.3) is 0 Å². The summed E-state index contributed by atoms with van der Waals surface area (Å²) in [5.74, 6) is 3.02. The van der Waals surface area contributed by atoms with Crippen LogP contribution < -0.4 is 4.74 Å². The van der Waals surface area contributed by atoms with Crippen LogP contribution in [0, 0.1) is 24.7 Å². The van der Waals surface area contributed by atoms with Crippen molar-refractivity contribution in [1.29, 1.82) is 0 Å². The van der Waals surface area contributed by atoms with E-state index in [2.05, 4.69) is 6.07 Å². The van der Waals surface area contributed by atoms with Gasteiger partial charge in [0.1, 0.15) is 5.75 Å². The van der Waals surface area contributed by atoms with Gasteiger partial charge in [-0.1, -0.05) is 12.5 Å². The van der Waals surface area contributed by atoms with Gasteiger partial charge in [-0.15, -0.1) is 0 Å². The van der Waals surface area contributed by atoms with Gasteiger partial charge in [0.05, 0.1) is 13.2 Å². The Morgan fingerprint density at radius 2 is 2.00 bits per heavy atom. The molecule has 1 aromatic carbocycles. The van der Waals surface area contributed by atoms with Gasteiger partial charge in [0.2, 0.25) is 0 Å². The van der Waals surface area contributed by atoms with E-state index in [4.69, 9.17) is 4.74 Å². The first-order chi connectivity index (χ1) is 8.22. The molecule has 2 aliphatic carbocycles. The average molecular weight is 232 g/mol. The standard InChI is InChI=1S/C15H20O2/c1-9-8-10(6-7-13(9)17-2)15(16)14-11-4-3-5-12(11)14/h6-8,11-12,14-16H,3-5H2,1-2H3. The number of rotatable bonds is 3. The monoisotopic (exact) mass is 232 g/mol. The summed E-state index contributed by atoms with van der Waals surface area (Å²) in [5, 5.41) is 10.4. The number of aliphatic hydroxyl groups is 1. The summed E-state index contributed by atoms with van der Waals surface area (Å²) < 4.78 is 5.25. The molecule has 0 spiro atoms. The maximum atomic E-state index is 10.4. The van der Waals surface area contributed by atoms with Gasteiger partial charge in [-0.05, 0) is 60.8 Å². The van der Waals surface area contributed by atoms with Crippen LogP contribution in [0.3, 0.4) is 0 Å². The lowest BCUT2D eigenvalue weighted by atomic mass is 9.98. The quantitative estimate of drug-likeness (QED) is 0.867. The van der Waals surface area contributed by atoms with Crippen LogP contribution in [0.1, 0.15) is 36.5 Å². The van der Waals surface area contributed by atoms with Crippen molar-refractivity contribution in [2.45, 2.75) is 32.3 Å². The number of aliphatic hydroxyl groups excluding tert-OH is 1. The largest absolute Gasteiger partial charge is 0.496 e. The number of fused-ring (bicyclic) bond motifs is 1. The fraction of sp³-hybridized carbons (Fsp3) is 0.600. The Hall–Kier alpha value is -1.02. The summed E-state index contributed by atoms with van der Waals surface area (Å²) in [6.07, 6.45) is 3.73. The maximum absolute atomic E-state index is 10.4. The van der Waals surface area contributed by atoms with Crippen LogP contribution in [-0.4, -0.2) is 12.2 Å². The zero-order valence-corrected chi connectivity index (χ0v) is 10.5. The first-order valence-electron chi connectivity index (χ1n) is 6.55. The molecule has 2 heteroatoms. The molecule has 3 rings (SSSR count). The van der Waals surface area contributed by atoms with Crippen LogP contribution in [0.5, 0.6) is 5.75 Å². The van der Waals surface area contributed by atoms with E-state index in [-0.39, 0.29) is 6.10 Å². The molecule has 92 valence electrons. The minimum Gasteiger partial charge on any atom is -0.496 e. The van der Waals surface area contributed by atoms with Gasteiger partial charge in [-0.3, -0.25) is 0 Å². The summed E-state index contributed by atoms with van der Waals surface area (Å²) in [7, 11) is 1.68. The highest BCUT2D eigenvalue weighted by molar-refractivity contribution is 5.37. The van der Waals surface area contributed by atoms with Gasteiger partial charge in [0.15, 0.2) is 0 Å². The number of ether oxygens (including phenoxy) is 1. The van der Waals surface area contributed by atoms with Crippen LogP contribution in [0.15, 0.2) is 18.2 Å². The minimum absolute atomic E-state index is 0.269. The summed E-state index contributed by atoms with van der Waals surface area (Å²) in [6, 6.07) is 6.04. The number of methoxy groups -OCH3 is 1. The van der Waals surface area contributed by atoms with Crippen molar-refractivity contribution in [3.8, 4) is 5.75 Å². The van der Waals surface area contributed by atoms with Crippen LogP contribution >= 0.6 is 0 Å². The third-order valence-corrected chi connectivity index (χ3v) is 4.60. The van der Waals surface area contributed by atoms with Crippen molar-refractivity contribution in [3.05, 3.63) is 29.3 Å². The normalized spacial score (nSPS) is 32.1. The zero-order valence-electron chi connectivity index (χ0n) is 10.5. The summed E-state index contributed by atoms with van der Waals surface area (Å²) in [4.78, 5) is 0. The molecule has 0 heterocycles. The van der Waals surface area contributed by atoms with Gasteiger partial charge in [0.25, 0.3) is 0 Å². The Kier molecular flexibility index (Phi) is 2.62. The van der Waals surface area contributed by atoms with Crippen LogP contribution in [0.4, 0.5) is 0 Å². The summed E-state index contributed by atoms with van der Waals surface area (Å²) in [6.45, 7) is 2.03. The Morgan fingerprint density at radius 3 is 2.59 bits per heavy atom. The molecule has 0 bridgehead atoms. The molecule has 2 nitrogen and oxygen atoms in total. The molecule has 1 N–H and O–H groups in total. The first-order valence-corrected chi connectivity index (χ1v) is 6.55. The number of hydrogen-bond donors (Lipinski definition) is 1. The molecule has 2 fully saturated rings. The van der Waals surface area contributed by atoms with Gasteiger partial charge >= 0.3 is 0 Å². The first kappa shape index (κ1) is 11.1. The molecule has 0 aliphatic heterocycles. The lowest BCUT2D eigenvalue weighted by molar-refractivity contribution is 0.137. The van der Waals surface area contributed by atoms with E-state index in [1.165, 1.54) is 19.3 Å². The van der Waals surface area contributed by atoms with Crippen LogP contribution in [0.2, 0.25) is 0 Å². The van der Waals surface area contributed by atoms with Gasteiger partial charge < -0.3 is 9.84 Å². The molecule has 3 atom stereocenters. The maximum Gasteiger partial charge on any atom is 0.121 e. The third-order valence-electron chi connectivity index (χ3n) is 4.60. The van der Waals surface area contributed by atoms with E-state index in [0.717, 1.165) is 28.7 Å². The Bertz CT molecular complexity index is 417. The molecule has 0 radical (unpaired) electrons. The molecular weight excluding hydrogens is 212 g/mol. The smallest absolute Gasteiger partial charge is 0.121 e. The van der Waals surface area contributed by atoms with Crippen molar-refractivity contribution in [2.75, 3.05) is 7.11 Å². The fourth-order valence-electron chi connectivity index (χ4n) is 3.65. The SMILES string of the molecule is COc1ccc(C(O)C2C3CCCC32)cc1C. The van der Waals surface area contributed by atoms with E-state index in [1.54, 1.807) is 7.11 Å². The van der Waals surface area contributed by atoms with Crippen LogP contribution in [-0.2, 0) is 0 Å².